The predicted octanol–water partition coefficient (Wildman–Crippen LogP) is 3.34. The molecule has 0 fully saturated rings. The van der Waals surface area contributed by atoms with Crippen molar-refractivity contribution in [1.82, 2.24) is 0 Å². The van der Waals surface area contributed by atoms with Gasteiger partial charge in [0.05, 0.1) is 0 Å². The Labute approximate surface area is 93.7 Å². The van der Waals surface area contributed by atoms with E-state index in [0.717, 1.165) is 11.8 Å². The maximum atomic E-state index is 4.50. The van der Waals surface area contributed by atoms with Crippen LogP contribution in [0, 0.1) is 5.92 Å². The van der Waals surface area contributed by atoms with Gasteiger partial charge in [-0.3, -0.25) is 0 Å². The maximum Gasteiger partial charge on any atom is -0.0159 e. The van der Waals surface area contributed by atoms with Crippen molar-refractivity contribution in [1.29, 1.82) is 0 Å². The van der Waals surface area contributed by atoms with E-state index < -0.39 is 0 Å². The van der Waals surface area contributed by atoms with Gasteiger partial charge < -0.3 is 5.73 Å². The Morgan fingerprint density at radius 3 is 2.60 bits per heavy atom. The second-order valence-corrected chi connectivity index (χ2v) is 4.35. The van der Waals surface area contributed by atoms with E-state index in [-0.39, 0.29) is 0 Å². The van der Waals surface area contributed by atoms with E-state index in [0.29, 0.717) is 0 Å². The highest BCUT2D eigenvalue weighted by Gasteiger charge is 2.22. The van der Waals surface area contributed by atoms with Crippen LogP contribution in [0.3, 0.4) is 0 Å². The van der Waals surface area contributed by atoms with Crippen LogP contribution < -0.4 is 5.73 Å². The molecule has 1 heteroatoms. The molecule has 15 heavy (non-hydrogen) atoms. The van der Waals surface area contributed by atoms with E-state index in [1.807, 2.05) is 0 Å². The first-order valence-electron chi connectivity index (χ1n) is 5.96. The summed E-state index contributed by atoms with van der Waals surface area (Å²) in [5.74, 6) is 1.69. The van der Waals surface area contributed by atoms with Gasteiger partial charge in [-0.15, -0.1) is 0 Å². The third-order valence-corrected chi connectivity index (χ3v) is 3.24. The molecule has 1 aromatic rings. The molecule has 84 valence electrons. The van der Waals surface area contributed by atoms with Gasteiger partial charge in [-0.05, 0) is 49.3 Å². The van der Waals surface area contributed by atoms with Gasteiger partial charge in [-0.1, -0.05) is 38.1 Å². The van der Waals surface area contributed by atoms with Crippen LogP contribution in [0.1, 0.15) is 43.7 Å². The zero-order valence-corrected chi connectivity index (χ0v) is 10.2. The lowest BCUT2D eigenvalue weighted by Gasteiger charge is -2.28. The Morgan fingerprint density at radius 1 is 1.27 bits per heavy atom. The fourth-order valence-corrected chi connectivity index (χ4v) is 2.58. The Morgan fingerprint density at radius 2 is 1.93 bits per heavy atom. The van der Waals surface area contributed by atoms with Crippen LogP contribution in [0.5, 0.6) is 0 Å². The molecule has 0 saturated heterocycles. The third-order valence-electron chi connectivity index (χ3n) is 3.24. The molecule has 0 aliphatic heterocycles. The first-order valence-corrected chi connectivity index (χ1v) is 5.96. The lowest BCUT2D eigenvalue weighted by Crippen LogP contribution is -2.15. The van der Waals surface area contributed by atoms with E-state index in [1.54, 1.807) is 11.1 Å². The summed E-state index contributed by atoms with van der Waals surface area (Å²) in [4.78, 5) is 0. The number of rotatable bonds is 1. The van der Waals surface area contributed by atoms with E-state index in [1.165, 1.54) is 26.3 Å². The fraction of sp³-hybridized carbons (Fsp3) is 0.571. The van der Waals surface area contributed by atoms with Gasteiger partial charge in [0.1, 0.15) is 0 Å². The number of hydrogen-bond acceptors (Lipinski definition) is 1. The average Bonchev–Trinajstić information content (AvgIpc) is 2.30. The zero-order chi connectivity index (χ0) is 11.3. The van der Waals surface area contributed by atoms with Crippen LogP contribution in [-0.4, -0.2) is 7.05 Å². The van der Waals surface area contributed by atoms with Crippen molar-refractivity contribution < 1.29 is 0 Å². The van der Waals surface area contributed by atoms with Crippen molar-refractivity contribution in [3.8, 4) is 0 Å². The normalized spacial score (nSPS) is 23.7. The molecule has 1 aliphatic carbocycles. The minimum absolute atomic E-state index is 0.819. The highest BCUT2D eigenvalue weighted by atomic mass is 14.4. The molecule has 2 unspecified atom stereocenters. The lowest BCUT2D eigenvalue weighted by molar-refractivity contribution is 0.424. The summed E-state index contributed by atoms with van der Waals surface area (Å²) in [7, 11) is 1.50. The minimum atomic E-state index is 0.819. The largest absolute Gasteiger partial charge is 0.333 e. The summed E-state index contributed by atoms with van der Waals surface area (Å²) < 4.78 is 0. The van der Waals surface area contributed by atoms with Crippen LogP contribution >= 0.6 is 0 Å². The van der Waals surface area contributed by atoms with Crippen LogP contribution in [0.4, 0.5) is 0 Å². The predicted molar refractivity (Wildman–Crippen MR) is 67.1 cm³/mol. The maximum absolute atomic E-state index is 4.50. The molecule has 1 nitrogen and oxygen atoms in total. The van der Waals surface area contributed by atoms with Crippen molar-refractivity contribution in [3.63, 3.8) is 0 Å². The fourth-order valence-electron chi connectivity index (χ4n) is 2.58. The Kier molecular flexibility index (Phi) is 4.83. The van der Waals surface area contributed by atoms with Gasteiger partial charge in [0.25, 0.3) is 0 Å². The summed E-state index contributed by atoms with van der Waals surface area (Å²) >= 11 is 0. The van der Waals surface area contributed by atoms with Gasteiger partial charge in [-0.2, -0.15) is 0 Å². The van der Waals surface area contributed by atoms with E-state index >= 15 is 0 Å². The van der Waals surface area contributed by atoms with E-state index in [2.05, 4.69) is 43.8 Å². The molecule has 2 N–H and O–H groups in total. The van der Waals surface area contributed by atoms with Crippen LogP contribution in [0.2, 0.25) is 0 Å². The molecule has 0 heterocycles. The first kappa shape index (κ1) is 12.3. The summed E-state index contributed by atoms with van der Waals surface area (Å²) in [6.45, 7) is 4.68. The summed E-state index contributed by atoms with van der Waals surface area (Å²) in [6, 6.07) is 8.96. The van der Waals surface area contributed by atoms with Crippen molar-refractivity contribution in [2.75, 3.05) is 7.05 Å². The van der Waals surface area contributed by atoms with Crippen LogP contribution in [0.15, 0.2) is 24.3 Å². The van der Waals surface area contributed by atoms with Crippen molar-refractivity contribution in [2.24, 2.45) is 11.7 Å². The Hall–Kier alpha value is -0.820. The quantitative estimate of drug-likeness (QED) is 0.747. The van der Waals surface area contributed by atoms with Crippen LogP contribution in [-0.2, 0) is 6.42 Å². The van der Waals surface area contributed by atoms with Gasteiger partial charge in [0, 0.05) is 0 Å². The number of fused-ring (bicyclic) bond motifs is 1. The van der Waals surface area contributed by atoms with E-state index in [9.17, 15) is 0 Å². The molecule has 0 bridgehead atoms. The van der Waals surface area contributed by atoms with E-state index in [4.69, 9.17) is 0 Å². The van der Waals surface area contributed by atoms with Crippen molar-refractivity contribution in [3.05, 3.63) is 35.4 Å². The summed E-state index contributed by atoms with van der Waals surface area (Å²) in [5.41, 5.74) is 7.70. The number of nitrogens with two attached hydrogens (primary N) is 1. The Balaban J connectivity index is 0.000000531. The molecule has 0 saturated carbocycles. The molecule has 0 amide bonds. The standard InChI is InChI=1S/C13H18.CH5N/c1-3-11-8-10(2)9-12-6-4-5-7-13(11)12;1-2/h4-7,10-11H,3,8-9H2,1-2H3;2H2,1H3. The van der Waals surface area contributed by atoms with Crippen LogP contribution in [0.25, 0.3) is 0 Å². The van der Waals surface area contributed by atoms with Gasteiger partial charge in [-0.25, -0.2) is 0 Å². The molecule has 1 aliphatic rings. The van der Waals surface area contributed by atoms with Crippen molar-refractivity contribution >= 4 is 0 Å². The van der Waals surface area contributed by atoms with Gasteiger partial charge in [0.2, 0.25) is 0 Å². The molecule has 1 aromatic carbocycles. The average molecular weight is 205 g/mol. The monoisotopic (exact) mass is 205 g/mol. The molecule has 0 spiro atoms. The lowest BCUT2D eigenvalue weighted by atomic mass is 9.76. The smallest absolute Gasteiger partial charge is 0.0159 e. The number of hydrogen-bond donors (Lipinski definition) is 1. The third kappa shape index (κ3) is 2.82. The second-order valence-electron chi connectivity index (χ2n) is 4.35. The minimum Gasteiger partial charge on any atom is -0.333 e. The second kappa shape index (κ2) is 5.92. The highest BCUT2D eigenvalue weighted by Crippen LogP contribution is 2.36. The zero-order valence-electron chi connectivity index (χ0n) is 10.2. The van der Waals surface area contributed by atoms with Crippen molar-refractivity contribution in [2.45, 2.75) is 39.0 Å². The molecule has 0 aromatic heterocycles. The molecule has 2 atom stereocenters. The molecule has 2 rings (SSSR count). The van der Waals surface area contributed by atoms with Gasteiger partial charge in [0.15, 0.2) is 0 Å². The molecular weight excluding hydrogens is 182 g/mol. The Bertz CT molecular complexity index is 293. The first-order chi connectivity index (χ1) is 7.31. The van der Waals surface area contributed by atoms with Gasteiger partial charge >= 0.3 is 0 Å². The molecular formula is C14H23N. The summed E-state index contributed by atoms with van der Waals surface area (Å²) in [6.07, 6.45) is 3.96. The topological polar surface area (TPSA) is 26.0 Å². The highest BCUT2D eigenvalue weighted by molar-refractivity contribution is 5.32. The number of benzene rings is 1. The SMILES string of the molecule is CCC1CC(C)Cc2ccccc21.CN. The summed E-state index contributed by atoms with van der Waals surface area (Å²) in [5, 5.41) is 0. The molecule has 0 radical (unpaired) electrons.